The molecule has 0 N–H and O–H groups in total. The van der Waals surface area contributed by atoms with Crippen molar-refractivity contribution in [2.45, 2.75) is 25.2 Å². The number of aryl methyl sites for hydroxylation is 2. The molecule has 1 atom stereocenters. The average molecular weight is 216 g/mol. The molecule has 3 heteroatoms. The number of benzene rings is 1. The monoisotopic (exact) mass is 216 g/mol. The van der Waals surface area contributed by atoms with Crippen LogP contribution in [0.1, 0.15) is 11.1 Å². The Morgan fingerprint density at radius 2 is 1.93 bits per heavy atom. The van der Waals surface area contributed by atoms with Gasteiger partial charge in [0.15, 0.2) is 0 Å². The highest BCUT2D eigenvalue weighted by Gasteiger charge is 2.06. The van der Waals surface area contributed by atoms with Crippen molar-refractivity contribution in [2.24, 2.45) is 0 Å². The third kappa shape index (κ3) is 2.91. The van der Waals surface area contributed by atoms with E-state index in [1.165, 1.54) is 5.56 Å². The van der Waals surface area contributed by atoms with E-state index in [-0.39, 0.29) is 5.75 Å². The summed E-state index contributed by atoms with van der Waals surface area (Å²) in [5.41, 5.74) is 2.32. The minimum Gasteiger partial charge on any atom is -0.210 e. The number of hydrogen-bond acceptors (Lipinski definition) is 0. The average Bonchev–Trinajstić information content (AvgIpc) is 2.08. The maximum Gasteiger partial charge on any atom is 0.247 e. The smallest absolute Gasteiger partial charge is 0.210 e. The molecule has 1 rings (SSSR count). The van der Waals surface area contributed by atoms with Crippen LogP contribution in [0.3, 0.4) is 0 Å². The quantitative estimate of drug-likeness (QED) is 0.677. The number of hydrogen-bond donors (Lipinski definition) is 0. The van der Waals surface area contributed by atoms with E-state index in [0.29, 0.717) is 0 Å². The Balaban J connectivity index is 2.86. The van der Waals surface area contributed by atoms with E-state index in [1.54, 1.807) is 0 Å². The number of halogens is 2. The molecule has 0 aliphatic rings. The molecule has 0 heterocycles. The third-order valence-electron chi connectivity index (χ3n) is 2.14. The first-order valence-corrected chi connectivity index (χ1v) is 5.93. The van der Waals surface area contributed by atoms with Crippen LogP contribution in [-0.2, 0) is 0 Å². The van der Waals surface area contributed by atoms with Crippen LogP contribution in [0, 0.1) is 13.8 Å². The molecule has 0 bridgehead atoms. The van der Waals surface area contributed by atoms with Gasteiger partial charge < -0.3 is 0 Å². The van der Waals surface area contributed by atoms with Gasteiger partial charge in [-0.25, -0.2) is 8.78 Å². The zero-order valence-electron chi connectivity index (χ0n) is 8.39. The van der Waals surface area contributed by atoms with Gasteiger partial charge in [-0.15, -0.1) is 0 Å². The molecule has 0 fully saturated rings. The molecule has 1 aromatic rings. The first-order chi connectivity index (χ1) is 6.50. The highest BCUT2D eigenvalue weighted by Crippen LogP contribution is 2.27. The van der Waals surface area contributed by atoms with Crippen molar-refractivity contribution in [1.82, 2.24) is 0 Å². The molecule has 1 unspecified atom stereocenters. The van der Waals surface area contributed by atoms with Gasteiger partial charge in [0.25, 0.3) is 0 Å². The molecular weight excluding hydrogens is 202 g/mol. The van der Waals surface area contributed by atoms with E-state index in [9.17, 15) is 8.78 Å². The fraction of sp³-hybridized carbons (Fsp3) is 0.364. The highest BCUT2D eigenvalue weighted by molar-refractivity contribution is 8.14. The Morgan fingerprint density at radius 3 is 2.43 bits per heavy atom. The van der Waals surface area contributed by atoms with Gasteiger partial charge in [-0.3, -0.25) is 0 Å². The summed E-state index contributed by atoms with van der Waals surface area (Å²) >= 11 is 0. The Kier molecular flexibility index (Phi) is 3.81. The molecule has 0 aliphatic heterocycles. The van der Waals surface area contributed by atoms with Gasteiger partial charge in [0.1, 0.15) is 0 Å². The lowest BCUT2D eigenvalue weighted by atomic mass is 10.1. The second-order valence-corrected chi connectivity index (χ2v) is 5.09. The van der Waals surface area contributed by atoms with Crippen LogP contribution in [0.5, 0.6) is 0 Å². The molecule has 14 heavy (non-hydrogen) atoms. The zero-order chi connectivity index (χ0) is 10.7. The van der Waals surface area contributed by atoms with Crippen molar-refractivity contribution in [3.63, 3.8) is 0 Å². The molecule has 0 amide bonds. The zero-order valence-corrected chi connectivity index (χ0v) is 9.20. The van der Waals surface area contributed by atoms with Crippen LogP contribution < -0.4 is 0 Å². The topological polar surface area (TPSA) is 0 Å². The van der Waals surface area contributed by atoms with E-state index in [0.717, 1.165) is 10.5 Å². The lowest BCUT2D eigenvalue weighted by Crippen LogP contribution is -1.96. The van der Waals surface area contributed by atoms with Crippen molar-refractivity contribution in [3.05, 3.63) is 29.3 Å². The fourth-order valence-corrected chi connectivity index (χ4v) is 2.24. The molecule has 0 nitrogen and oxygen atoms in total. The lowest BCUT2D eigenvalue weighted by Gasteiger charge is -2.09. The van der Waals surface area contributed by atoms with Crippen LogP contribution in [-0.4, -0.2) is 18.0 Å². The lowest BCUT2D eigenvalue weighted by molar-refractivity contribution is 0.176. The van der Waals surface area contributed by atoms with Gasteiger partial charge in [0, 0.05) is 4.90 Å². The van der Waals surface area contributed by atoms with E-state index < -0.39 is 16.9 Å². The van der Waals surface area contributed by atoms with Gasteiger partial charge in [0.2, 0.25) is 6.43 Å². The first-order valence-electron chi connectivity index (χ1n) is 4.36. The summed E-state index contributed by atoms with van der Waals surface area (Å²) in [5, 5.41) is 0. The molecule has 78 valence electrons. The van der Waals surface area contributed by atoms with E-state index >= 15 is 0 Å². The second-order valence-electron chi connectivity index (χ2n) is 3.30. The summed E-state index contributed by atoms with van der Waals surface area (Å²) in [5.74, 6) is 3.63. The maximum atomic E-state index is 12.1. The van der Waals surface area contributed by atoms with E-state index in [1.807, 2.05) is 32.0 Å². The first kappa shape index (κ1) is 11.4. The minimum absolute atomic E-state index is 0.136. The predicted molar refractivity (Wildman–Crippen MR) is 59.8 cm³/mol. The number of rotatable bonds is 3. The molecular formula is C11H14F2S. The molecule has 0 aromatic heterocycles. The highest BCUT2D eigenvalue weighted by atomic mass is 32.2. The molecule has 0 spiro atoms. The summed E-state index contributed by atoms with van der Waals surface area (Å²) in [6, 6.07) is 5.80. The van der Waals surface area contributed by atoms with Gasteiger partial charge in [0.05, 0.1) is 5.75 Å². The van der Waals surface area contributed by atoms with Crippen LogP contribution in [0.4, 0.5) is 8.78 Å². The molecule has 0 saturated heterocycles. The maximum absolute atomic E-state index is 12.1. The van der Waals surface area contributed by atoms with E-state index in [4.69, 9.17) is 0 Å². The number of alkyl halides is 2. The largest absolute Gasteiger partial charge is 0.247 e. The Labute approximate surface area is 85.9 Å². The summed E-state index contributed by atoms with van der Waals surface area (Å²) in [4.78, 5) is 0.924. The minimum atomic E-state index is -2.27. The normalized spacial score (nSPS) is 13.2. The van der Waals surface area contributed by atoms with E-state index in [2.05, 4.69) is 5.87 Å². The fourth-order valence-electron chi connectivity index (χ4n) is 1.14. The van der Waals surface area contributed by atoms with Crippen LogP contribution >= 0.6 is 10.5 Å². The summed E-state index contributed by atoms with van der Waals surface area (Å²) in [7, 11) is -0.582. The van der Waals surface area contributed by atoms with Crippen LogP contribution in [0.25, 0.3) is 0 Å². The summed E-state index contributed by atoms with van der Waals surface area (Å²) in [6.45, 7) is 3.99. The molecule has 0 saturated carbocycles. The van der Waals surface area contributed by atoms with Crippen molar-refractivity contribution < 1.29 is 8.78 Å². The van der Waals surface area contributed by atoms with Crippen LogP contribution in [0.15, 0.2) is 23.1 Å². The Morgan fingerprint density at radius 1 is 1.29 bits per heavy atom. The standard InChI is InChI=1S/C11H14F2S/c1-8-4-5-10(6-9(8)2)14(3)7-11(12)13/h4-6,11H,3,7H2,1-2H3. The van der Waals surface area contributed by atoms with Crippen molar-refractivity contribution in [3.8, 4) is 0 Å². The third-order valence-corrected chi connectivity index (χ3v) is 3.71. The summed E-state index contributed by atoms with van der Waals surface area (Å²) < 4.78 is 24.2. The SMILES string of the molecule is C=S(CC(F)F)c1ccc(C)c(C)c1. The van der Waals surface area contributed by atoms with Gasteiger partial charge >= 0.3 is 0 Å². The van der Waals surface area contributed by atoms with Crippen molar-refractivity contribution in [2.75, 3.05) is 5.75 Å². The molecule has 0 aliphatic carbocycles. The van der Waals surface area contributed by atoms with Crippen molar-refractivity contribution in [1.29, 1.82) is 0 Å². The molecule has 1 aromatic carbocycles. The van der Waals surface area contributed by atoms with Gasteiger partial charge in [-0.1, -0.05) is 11.9 Å². The summed E-state index contributed by atoms with van der Waals surface area (Å²) in [6.07, 6.45) is -2.27. The van der Waals surface area contributed by atoms with Gasteiger partial charge in [-0.05, 0) is 37.1 Å². The molecule has 0 radical (unpaired) electrons. The second kappa shape index (κ2) is 4.69. The van der Waals surface area contributed by atoms with Crippen molar-refractivity contribution >= 4 is 16.4 Å². The predicted octanol–water partition coefficient (Wildman–Crippen LogP) is 3.63. The Hall–Kier alpha value is -0.700. The van der Waals surface area contributed by atoms with Crippen LogP contribution in [0.2, 0.25) is 0 Å². The van der Waals surface area contributed by atoms with Gasteiger partial charge in [-0.2, -0.15) is 10.5 Å². The Bertz CT molecular complexity index is 345.